The van der Waals surface area contributed by atoms with Crippen LogP contribution in [0.4, 0.5) is 4.79 Å². The Bertz CT molecular complexity index is 754. The third-order valence-electron chi connectivity index (χ3n) is 6.38. The van der Waals surface area contributed by atoms with Gasteiger partial charge in [0.15, 0.2) is 6.10 Å². The number of ether oxygens (including phenoxy) is 2. The molecule has 0 spiro atoms. The number of rotatable bonds is 9. The van der Waals surface area contributed by atoms with Gasteiger partial charge in [0.1, 0.15) is 18.8 Å². The van der Waals surface area contributed by atoms with Crippen molar-refractivity contribution < 1.29 is 23.2 Å². The highest BCUT2D eigenvalue weighted by molar-refractivity contribution is 7.10. The van der Waals surface area contributed by atoms with Gasteiger partial charge in [-0.25, -0.2) is 4.79 Å². The molecular weight excluding hydrogens is 388 g/mol. The normalized spacial score (nSPS) is 26.9. The molecule has 0 aromatic carbocycles. The monoisotopic (exact) mass is 419 g/mol. The second-order valence-electron chi connectivity index (χ2n) is 8.17. The first-order valence-corrected chi connectivity index (χ1v) is 11.5. The predicted octanol–water partition coefficient (Wildman–Crippen LogP) is 4.00. The van der Waals surface area contributed by atoms with Crippen LogP contribution in [0.25, 0.3) is 0 Å². The lowest BCUT2D eigenvalue weighted by Crippen LogP contribution is -2.65. The summed E-state index contributed by atoms with van der Waals surface area (Å²) in [6, 6.07) is 7.71. The highest BCUT2D eigenvalue weighted by Gasteiger charge is 2.47. The van der Waals surface area contributed by atoms with Gasteiger partial charge < -0.3 is 23.7 Å². The molecule has 5 heterocycles. The lowest BCUT2D eigenvalue weighted by molar-refractivity contribution is -0.946. The molecule has 6 nitrogen and oxygen atoms in total. The van der Waals surface area contributed by atoms with E-state index < -0.39 is 0 Å². The fourth-order valence-electron chi connectivity index (χ4n) is 4.73. The molecular formula is C22H31N2O4S+. The lowest BCUT2D eigenvalue weighted by atomic mass is 9.83. The summed E-state index contributed by atoms with van der Waals surface area (Å²) in [4.78, 5) is 13.9. The van der Waals surface area contributed by atoms with Crippen molar-refractivity contribution in [2.45, 2.75) is 38.3 Å². The highest BCUT2D eigenvalue weighted by atomic mass is 32.1. The van der Waals surface area contributed by atoms with Crippen molar-refractivity contribution >= 4 is 17.4 Å². The van der Waals surface area contributed by atoms with Crippen LogP contribution in [0, 0.1) is 5.92 Å². The molecule has 0 radical (unpaired) electrons. The largest absolute Gasteiger partial charge is 0.469 e. The quantitative estimate of drug-likeness (QED) is 0.493. The SMILES string of the molecule is CCOCC[N+]12CCC(CC1)[C@@H](OC(=O)NC(Cc1ccco1)c1cccs1)C2. The van der Waals surface area contributed by atoms with Gasteiger partial charge in [-0.15, -0.1) is 11.3 Å². The molecule has 3 saturated heterocycles. The van der Waals surface area contributed by atoms with E-state index in [2.05, 4.69) is 5.32 Å². The van der Waals surface area contributed by atoms with E-state index in [1.54, 1.807) is 17.6 Å². The van der Waals surface area contributed by atoms with Crippen LogP contribution in [-0.4, -0.2) is 56.1 Å². The molecule has 29 heavy (non-hydrogen) atoms. The summed E-state index contributed by atoms with van der Waals surface area (Å²) in [5.41, 5.74) is 0. The number of amides is 1. The lowest BCUT2D eigenvalue weighted by Gasteiger charge is -2.51. The third kappa shape index (κ3) is 5.02. The highest BCUT2D eigenvalue weighted by Crippen LogP contribution is 2.35. The Kier molecular flexibility index (Phi) is 6.57. The summed E-state index contributed by atoms with van der Waals surface area (Å²) in [5, 5.41) is 5.11. The second-order valence-corrected chi connectivity index (χ2v) is 9.15. The van der Waals surface area contributed by atoms with E-state index in [-0.39, 0.29) is 18.2 Å². The Hall–Kier alpha value is -1.83. The zero-order valence-corrected chi connectivity index (χ0v) is 17.9. The number of alkyl carbamates (subject to hydrolysis) is 1. The summed E-state index contributed by atoms with van der Waals surface area (Å²) < 4.78 is 18.1. The van der Waals surface area contributed by atoms with Gasteiger partial charge in [0.05, 0.1) is 32.0 Å². The van der Waals surface area contributed by atoms with E-state index in [1.807, 2.05) is 36.6 Å². The van der Waals surface area contributed by atoms with E-state index in [1.165, 1.54) is 13.1 Å². The number of quaternary nitrogens is 1. The number of furan rings is 1. The Labute approximate surface area is 176 Å². The van der Waals surface area contributed by atoms with Gasteiger partial charge in [-0.05, 0) is 30.5 Å². The molecule has 0 aliphatic carbocycles. The summed E-state index contributed by atoms with van der Waals surface area (Å²) in [6.07, 6.45) is 4.21. The van der Waals surface area contributed by atoms with Crippen molar-refractivity contribution in [1.82, 2.24) is 5.32 Å². The molecule has 1 amide bonds. The standard InChI is InChI=1S/C22H30N2O4S/c1-2-26-13-11-24-9-7-17(8-10-24)20(16-24)28-22(25)23-19(21-6-4-14-29-21)15-18-5-3-12-27-18/h3-6,12,14,17,19-20H,2,7-11,13,15-16H2,1H3/p+1/t17?,19?,20-,24?/m0/s1. The molecule has 3 fully saturated rings. The van der Waals surface area contributed by atoms with Crippen LogP contribution in [0.3, 0.4) is 0 Å². The molecule has 5 rings (SSSR count). The number of hydrogen-bond acceptors (Lipinski definition) is 5. The van der Waals surface area contributed by atoms with Gasteiger partial charge in [-0.3, -0.25) is 0 Å². The average Bonchev–Trinajstić information content (AvgIpc) is 3.43. The van der Waals surface area contributed by atoms with E-state index >= 15 is 0 Å². The zero-order chi connectivity index (χ0) is 20.1. The maximum absolute atomic E-state index is 12.8. The predicted molar refractivity (Wildman–Crippen MR) is 112 cm³/mol. The first-order chi connectivity index (χ1) is 14.2. The van der Waals surface area contributed by atoms with Crippen LogP contribution < -0.4 is 5.32 Å². The molecule has 0 saturated carbocycles. The van der Waals surface area contributed by atoms with Gasteiger partial charge in [-0.2, -0.15) is 0 Å². The van der Waals surface area contributed by atoms with Gasteiger partial charge in [0.25, 0.3) is 0 Å². The number of carbonyl (C=O) groups is 1. The minimum Gasteiger partial charge on any atom is -0.469 e. The molecule has 2 bridgehead atoms. The molecule has 1 unspecified atom stereocenters. The number of fused-ring (bicyclic) bond motifs is 3. The van der Waals surface area contributed by atoms with E-state index in [9.17, 15) is 4.79 Å². The summed E-state index contributed by atoms with van der Waals surface area (Å²) in [6.45, 7) is 7.84. The number of nitrogens with one attached hydrogen (secondary N) is 1. The van der Waals surface area contributed by atoms with Crippen LogP contribution in [-0.2, 0) is 15.9 Å². The maximum Gasteiger partial charge on any atom is 0.408 e. The topological polar surface area (TPSA) is 60.7 Å². The summed E-state index contributed by atoms with van der Waals surface area (Å²) >= 11 is 1.63. The number of hydrogen-bond donors (Lipinski definition) is 1. The van der Waals surface area contributed by atoms with E-state index in [0.717, 1.165) is 54.3 Å². The van der Waals surface area contributed by atoms with Crippen molar-refractivity contribution in [1.29, 1.82) is 0 Å². The maximum atomic E-state index is 12.8. The Morgan fingerprint density at radius 3 is 2.90 bits per heavy atom. The molecule has 2 atom stereocenters. The third-order valence-corrected chi connectivity index (χ3v) is 7.36. The van der Waals surface area contributed by atoms with Crippen LogP contribution in [0.1, 0.15) is 36.4 Å². The Balaban J connectivity index is 1.36. The van der Waals surface area contributed by atoms with Crippen LogP contribution >= 0.6 is 11.3 Å². The van der Waals surface area contributed by atoms with Crippen LogP contribution in [0.15, 0.2) is 40.3 Å². The molecule has 2 aromatic rings. The molecule has 3 aliphatic rings. The molecule has 158 valence electrons. The van der Waals surface area contributed by atoms with E-state index in [0.29, 0.717) is 12.3 Å². The second kappa shape index (κ2) is 9.32. The molecule has 1 N–H and O–H groups in total. The van der Waals surface area contributed by atoms with Gasteiger partial charge in [-0.1, -0.05) is 6.07 Å². The van der Waals surface area contributed by atoms with Crippen molar-refractivity contribution in [3.8, 4) is 0 Å². The minimum absolute atomic E-state index is 0.00766. The van der Waals surface area contributed by atoms with Gasteiger partial charge in [0.2, 0.25) is 0 Å². The van der Waals surface area contributed by atoms with Crippen molar-refractivity contribution in [2.75, 3.05) is 39.4 Å². The van der Waals surface area contributed by atoms with Crippen molar-refractivity contribution in [3.63, 3.8) is 0 Å². The van der Waals surface area contributed by atoms with Crippen molar-refractivity contribution in [3.05, 3.63) is 46.5 Å². The summed E-state index contributed by atoms with van der Waals surface area (Å²) in [5.74, 6) is 1.34. The average molecular weight is 420 g/mol. The van der Waals surface area contributed by atoms with Crippen LogP contribution in [0.2, 0.25) is 0 Å². The number of nitrogens with zero attached hydrogens (tertiary/aromatic N) is 1. The smallest absolute Gasteiger partial charge is 0.408 e. The Morgan fingerprint density at radius 2 is 2.21 bits per heavy atom. The Morgan fingerprint density at radius 1 is 1.34 bits per heavy atom. The van der Waals surface area contributed by atoms with E-state index in [4.69, 9.17) is 13.9 Å². The van der Waals surface area contributed by atoms with Gasteiger partial charge >= 0.3 is 6.09 Å². The first kappa shape index (κ1) is 20.4. The number of carbonyl (C=O) groups excluding carboxylic acids is 1. The minimum atomic E-state index is -0.323. The number of thiophene rings is 1. The zero-order valence-electron chi connectivity index (χ0n) is 17.0. The molecule has 7 heteroatoms. The molecule has 3 aliphatic heterocycles. The van der Waals surface area contributed by atoms with Gasteiger partial charge in [0, 0.05) is 36.7 Å². The number of piperidine rings is 3. The molecule has 2 aromatic heterocycles. The summed E-state index contributed by atoms with van der Waals surface area (Å²) in [7, 11) is 0. The fraction of sp³-hybridized carbons (Fsp3) is 0.591. The first-order valence-electron chi connectivity index (χ1n) is 10.6. The van der Waals surface area contributed by atoms with Crippen LogP contribution in [0.5, 0.6) is 0 Å². The fourth-order valence-corrected chi connectivity index (χ4v) is 5.51. The van der Waals surface area contributed by atoms with Crippen molar-refractivity contribution in [2.24, 2.45) is 5.92 Å².